The monoisotopic (exact) mass is 347 g/mol. The molecule has 5 rings (SSSR count). The first-order chi connectivity index (χ1) is 12.8. The third kappa shape index (κ3) is 2.45. The molecule has 0 fully saturated rings. The number of anilines is 1. The van der Waals surface area contributed by atoms with Gasteiger partial charge in [0.15, 0.2) is 5.75 Å². The zero-order chi connectivity index (χ0) is 17.5. The predicted octanol–water partition coefficient (Wildman–Crippen LogP) is 3.17. The molecule has 1 aliphatic rings. The van der Waals surface area contributed by atoms with Gasteiger partial charge in [-0.15, -0.1) is 0 Å². The highest BCUT2D eigenvalue weighted by molar-refractivity contribution is 5.91. The van der Waals surface area contributed by atoms with Crippen molar-refractivity contribution in [3.63, 3.8) is 0 Å². The van der Waals surface area contributed by atoms with Crippen molar-refractivity contribution < 1.29 is 9.47 Å². The van der Waals surface area contributed by atoms with Crippen LogP contribution in [0.15, 0.2) is 54.9 Å². The van der Waals surface area contributed by atoms with Gasteiger partial charge in [-0.3, -0.25) is 9.78 Å². The van der Waals surface area contributed by atoms with E-state index in [2.05, 4.69) is 20.6 Å². The lowest BCUT2D eigenvalue weighted by Gasteiger charge is -2.13. The highest BCUT2D eigenvalue weighted by atomic mass is 16.6. The van der Waals surface area contributed by atoms with Crippen LogP contribution in [0.4, 0.5) is 5.69 Å². The van der Waals surface area contributed by atoms with Crippen LogP contribution in [-0.4, -0.2) is 32.8 Å². The van der Waals surface area contributed by atoms with Gasteiger partial charge in [-0.05, 0) is 42.5 Å². The molecular formula is C19H17N5O2. The minimum Gasteiger partial charge on any atom is -0.488 e. The van der Waals surface area contributed by atoms with Crippen molar-refractivity contribution in [2.24, 2.45) is 7.05 Å². The van der Waals surface area contributed by atoms with E-state index < -0.39 is 0 Å². The zero-order valence-corrected chi connectivity index (χ0v) is 14.1. The van der Waals surface area contributed by atoms with Crippen molar-refractivity contribution >= 4 is 16.6 Å². The smallest absolute Gasteiger partial charge is 0.204 e. The van der Waals surface area contributed by atoms with Gasteiger partial charge in [0.1, 0.15) is 12.4 Å². The molecule has 3 heterocycles. The topological polar surface area (TPSA) is 77.0 Å². The summed E-state index contributed by atoms with van der Waals surface area (Å²) in [6.45, 7) is 0.402. The van der Waals surface area contributed by atoms with Crippen LogP contribution < -0.4 is 14.8 Å². The molecule has 7 nitrogen and oxygen atoms in total. The minimum absolute atomic E-state index is 0.234. The molecule has 2 aromatic heterocycles. The molecule has 0 saturated heterocycles. The van der Waals surface area contributed by atoms with Crippen molar-refractivity contribution in [3.05, 3.63) is 54.9 Å². The Balaban J connectivity index is 1.26. The number of hydrogen-bond acceptors (Lipinski definition) is 5. The molecule has 0 radical (unpaired) electrons. The summed E-state index contributed by atoms with van der Waals surface area (Å²) < 4.78 is 13.7. The van der Waals surface area contributed by atoms with Crippen LogP contribution in [0.3, 0.4) is 0 Å². The summed E-state index contributed by atoms with van der Waals surface area (Å²) in [5, 5.41) is 15.5. The van der Waals surface area contributed by atoms with Crippen LogP contribution in [0.2, 0.25) is 0 Å². The molecule has 1 atom stereocenters. The van der Waals surface area contributed by atoms with Gasteiger partial charge in [0.2, 0.25) is 6.23 Å². The fourth-order valence-electron chi connectivity index (χ4n) is 3.20. The Bertz CT molecular complexity index is 1070. The van der Waals surface area contributed by atoms with Crippen LogP contribution in [0.25, 0.3) is 22.2 Å². The number of aromatic nitrogens is 4. The van der Waals surface area contributed by atoms with Gasteiger partial charge in [0.25, 0.3) is 0 Å². The van der Waals surface area contributed by atoms with E-state index in [1.807, 2.05) is 54.2 Å². The van der Waals surface area contributed by atoms with Gasteiger partial charge in [-0.25, -0.2) is 0 Å². The molecule has 7 heteroatoms. The van der Waals surface area contributed by atoms with Gasteiger partial charge in [0.05, 0.1) is 28.5 Å². The maximum Gasteiger partial charge on any atom is 0.204 e. The lowest BCUT2D eigenvalue weighted by molar-refractivity contribution is 0.165. The van der Waals surface area contributed by atoms with Crippen LogP contribution in [0.5, 0.6) is 11.5 Å². The summed E-state index contributed by atoms with van der Waals surface area (Å²) in [6.07, 6.45) is 3.33. The van der Waals surface area contributed by atoms with E-state index in [4.69, 9.17) is 9.47 Å². The van der Waals surface area contributed by atoms with Gasteiger partial charge in [-0.2, -0.15) is 10.2 Å². The average Bonchev–Trinajstić information content (AvgIpc) is 3.38. The first kappa shape index (κ1) is 14.8. The fraction of sp³-hybridized carbons (Fsp3) is 0.158. The zero-order valence-electron chi connectivity index (χ0n) is 14.1. The lowest BCUT2D eigenvalue weighted by atomic mass is 10.1. The molecule has 0 bridgehead atoms. The molecule has 0 unspecified atom stereocenters. The highest BCUT2D eigenvalue weighted by Gasteiger charge is 2.25. The van der Waals surface area contributed by atoms with Crippen molar-refractivity contribution in [3.8, 4) is 22.8 Å². The largest absolute Gasteiger partial charge is 0.488 e. The van der Waals surface area contributed by atoms with Crippen molar-refractivity contribution in [2.45, 2.75) is 6.23 Å². The first-order valence-corrected chi connectivity index (χ1v) is 8.38. The van der Waals surface area contributed by atoms with Gasteiger partial charge >= 0.3 is 0 Å². The van der Waals surface area contributed by atoms with Crippen molar-refractivity contribution in [1.82, 2.24) is 20.0 Å². The van der Waals surface area contributed by atoms with Crippen molar-refractivity contribution in [1.29, 1.82) is 0 Å². The third-order valence-corrected chi connectivity index (χ3v) is 4.52. The van der Waals surface area contributed by atoms with Crippen LogP contribution in [0, 0.1) is 0 Å². The molecule has 1 aliphatic heterocycles. The van der Waals surface area contributed by atoms with Gasteiger partial charge < -0.3 is 14.8 Å². The SMILES string of the molecule is Cn1nccc1-c1ccc(OC[C@H]2Nc3ccc4[nH]ncc4c3O2)cc1. The van der Waals surface area contributed by atoms with Crippen LogP contribution in [-0.2, 0) is 7.05 Å². The summed E-state index contributed by atoms with van der Waals surface area (Å²) in [5.74, 6) is 1.61. The van der Waals surface area contributed by atoms with E-state index in [1.54, 1.807) is 12.4 Å². The van der Waals surface area contributed by atoms with E-state index >= 15 is 0 Å². The first-order valence-electron chi connectivity index (χ1n) is 8.38. The summed E-state index contributed by atoms with van der Waals surface area (Å²) in [5.41, 5.74) is 4.08. The molecule has 0 amide bonds. The fourth-order valence-corrected chi connectivity index (χ4v) is 3.20. The van der Waals surface area contributed by atoms with Crippen LogP contribution >= 0.6 is 0 Å². The second-order valence-corrected chi connectivity index (χ2v) is 6.20. The molecule has 26 heavy (non-hydrogen) atoms. The van der Waals surface area contributed by atoms with Gasteiger partial charge in [-0.1, -0.05) is 0 Å². The molecule has 0 saturated carbocycles. The molecule has 4 aromatic rings. The standard InChI is InChI=1S/C19H17N5O2/c1-24-17(8-9-21-24)12-2-4-13(5-3-12)25-11-18-22-16-7-6-15-14(10-20-23-15)19(16)26-18/h2-10,18,22H,11H2,1H3,(H,20,23)/t18-/m0/s1. The van der Waals surface area contributed by atoms with E-state index in [0.717, 1.165) is 39.3 Å². The Labute approximate surface area is 149 Å². The Kier molecular flexibility index (Phi) is 3.31. The second-order valence-electron chi connectivity index (χ2n) is 6.20. The number of fused-ring (bicyclic) bond motifs is 3. The normalized spacial score (nSPS) is 15.5. The summed E-state index contributed by atoms with van der Waals surface area (Å²) in [4.78, 5) is 0. The number of nitrogens with one attached hydrogen (secondary N) is 2. The Hall–Kier alpha value is -3.48. The van der Waals surface area contributed by atoms with Gasteiger partial charge in [0, 0.05) is 18.8 Å². The quantitative estimate of drug-likeness (QED) is 0.593. The van der Waals surface area contributed by atoms with Crippen molar-refractivity contribution in [2.75, 3.05) is 11.9 Å². The number of hydrogen-bond donors (Lipinski definition) is 2. The lowest BCUT2D eigenvalue weighted by Crippen LogP contribution is -2.27. The maximum absolute atomic E-state index is 5.99. The minimum atomic E-state index is -0.234. The number of nitrogens with zero attached hydrogens (tertiary/aromatic N) is 3. The summed E-state index contributed by atoms with van der Waals surface area (Å²) in [7, 11) is 1.93. The number of rotatable bonds is 4. The molecule has 2 N–H and O–H groups in total. The van der Waals surface area contributed by atoms with Crippen LogP contribution in [0.1, 0.15) is 0 Å². The highest BCUT2D eigenvalue weighted by Crippen LogP contribution is 2.38. The number of benzene rings is 2. The second kappa shape index (κ2) is 5.80. The van der Waals surface area contributed by atoms with E-state index in [9.17, 15) is 0 Å². The predicted molar refractivity (Wildman–Crippen MR) is 98.3 cm³/mol. The Morgan fingerprint density at radius 3 is 2.85 bits per heavy atom. The molecule has 130 valence electrons. The number of aromatic amines is 1. The maximum atomic E-state index is 5.99. The van der Waals surface area contributed by atoms with E-state index in [-0.39, 0.29) is 6.23 Å². The Morgan fingerprint density at radius 2 is 2.04 bits per heavy atom. The number of H-pyrrole nitrogens is 1. The molecular weight excluding hydrogens is 330 g/mol. The third-order valence-electron chi connectivity index (χ3n) is 4.52. The summed E-state index contributed by atoms with van der Waals surface area (Å²) >= 11 is 0. The van der Waals surface area contributed by atoms with E-state index in [0.29, 0.717) is 6.61 Å². The number of ether oxygens (including phenoxy) is 2. The Morgan fingerprint density at radius 1 is 1.15 bits per heavy atom. The molecule has 2 aromatic carbocycles. The molecule has 0 spiro atoms. The molecule has 0 aliphatic carbocycles. The van der Waals surface area contributed by atoms with E-state index in [1.165, 1.54) is 0 Å². The average molecular weight is 347 g/mol. The summed E-state index contributed by atoms with van der Waals surface area (Å²) in [6, 6.07) is 13.9. The number of aryl methyl sites for hydroxylation is 1.